The fourth-order valence-electron chi connectivity index (χ4n) is 2.94. The van der Waals surface area contributed by atoms with Crippen molar-refractivity contribution in [2.24, 2.45) is 0 Å². The highest BCUT2D eigenvalue weighted by Crippen LogP contribution is 2.31. The van der Waals surface area contributed by atoms with E-state index in [0.29, 0.717) is 37.6 Å². The van der Waals surface area contributed by atoms with E-state index in [2.05, 4.69) is 15.0 Å². The quantitative estimate of drug-likeness (QED) is 0.205. The summed E-state index contributed by atoms with van der Waals surface area (Å²) in [5.41, 5.74) is -1.48. The standard InChI is InChI=1S/C20H25F3N4O6S/c1-11-9-13(21)12(16(23)15(11)22)10-33-17-14(19(30)31)18(34-26-17)25-20(32)24-3-2-4-27(5-7-28)6-8-29/h9,28-29H,2-8,10H2,1H3,(H,30,31)(H2,24,25,32). The first kappa shape index (κ1) is 27.3. The van der Waals surface area contributed by atoms with Gasteiger partial charge in [-0.25, -0.2) is 22.8 Å². The maximum absolute atomic E-state index is 14.0. The third kappa shape index (κ3) is 7.28. The molecule has 2 rings (SSSR count). The van der Waals surface area contributed by atoms with Crippen molar-refractivity contribution in [3.63, 3.8) is 0 Å². The number of carbonyl (C=O) groups excluding carboxylic acids is 1. The Morgan fingerprint density at radius 2 is 1.82 bits per heavy atom. The van der Waals surface area contributed by atoms with Crippen LogP contribution in [-0.4, -0.2) is 76.0 Å². The number of halogens is 3. The van der Waals surface area contributed by atoms with Crippen molar-refractivity contribution >= 4 is 28.5 Å². The lowest BCUT2D eigenvalue weighted by atomic mass is 10.1. The Morgan fingerprint density at radius 1 is 1.15 bits per heavy atom. The zero-order chi connectivity index (χ0) is 25.3. The third-order valence-corrected chi connectivity index (χ3v) is 5.41. The summed E-state index contributed by atoms with van der Waals surface area (Å²) in [6, 6.07) is 0.0757. The van der Waals surface area contributed by atoms with Gasteiger partial charge in [0.1, 0.15) is 17.4 Å². The fraction of sp³-hybridized carbons (Fsp3) is 0.450. The van der Waals surface area contributed by atoms with Crippen LogP contribution in [-0.2, 0) is 6.61 Å². The second kappa shape index (κ2) is 13.1. The number of aromatic carboxylic acids is 1. The van der Waals surface area contributed by atoms with Gasteiger partial charge in [0.05, 0.1) is 18.8 Å². The molecule has 1 aromatic carbocycles. The fourth-order valence-corrected chi connectivity index (χ4v) is 3.66. The molecule has 0 atom stereocenters. The normalized spacial score (nSPS) is 11.0. The lowest BCUT2D eigenvalue weighted by molar-refractivity contribution is 0.0692. The number of carboxylic acid groups (broad SMARTS) is 1. The number of aryl methyl sites for hydroxylation is 1. The Bertz CT molecular complexity index is 1000. The van der Waals surface area contributed by atoms with Crippen LogP contribution in [0.3, 0.4) is 0 Å². The number of anilines is 1. The van der Waals surface area contributed by atoms with Crippen LogP contribution in [0.2, 0.25) is 0 Å². The number of aliphatic hydroxyl groups excluding tert-OH is 2. The van der Waals surface area contributed by atoms with Crippen molar-refractivity contribution in [1.82, 2.24) is 14.6 Å². The molecule has 2 amide bonds. The predicted octanol–water partition coefficient (Wildman–Crippen LogP) is 1.94. The molecule has 10 nitrogen and oxygen atoms in total. The topological polar surface area (TPSA) is 144 Å². The molecule has 34 heavy (non-hydrogen) atoms. The predicted molar refractivity (Wildman–Crippen MR) is 117 cm³/mol. The zero-order valence-electron chi connectivity index (χ0n) is 18.2. The second-order valence-corrected chi connectivity index (χ2v) is 7.86. The van der Waals surface area contributed by atoms with Gasteiger partial charge in [0.15, 0.2) is 17.2 Å². The number of carboxylic acids is 1. The SMILES string of the molecule is Cc1cc(F)c(COc2nsc(NC(=O)NCCCN(CCO)CCO)c2C(=O)O)c(F)c1F. The van der Waals surface area contributed by atoms with Crippen LogP contribution >= 0.6 is 11.5 Å². The minimum atomic E-state index is -1.50. The summed E-state index contributed by atoms with van der Waals surface area (Å²) in [4.78, 5) is 25.6. The van der Waals surface area contributed by atoms with Gasteiger partial charge in [0.2, 0.25) is 5.88 Å². The first-order chi connectivity index (χ1) is 16.2. The number of amides is 2. The van der Waals surface area contributed by atoms with Crippen LogP contribution in [0.5, 0.6) is 5.88 Å². The summed E-state index contributed by atoms with van der Waals surface area (Å²) in [5, 5.41) is 32.1. The van der Waals surface area contributed by atoms with Gasteiger partial charge in [0.25, 0.3) is 0 Å². The smallest absolute Gasteiger partial charge is 0.344 e. The maximum atomic E-state index is 14.0. The average Bonchev–Trinajstić information content (AvgIpc) is 3.17. The number of ether oxygens (including phenoxy) is 1. The molecule has 1 heterocycles. The van der Waals surface area contributed by atoms with Crippen LogP contribution < -0.4 is 15.4 Å². The Kier molecular flexibility index (Phi) is 10.5. The van der Waals surface area contributed by atoms with Crippen molar-refractivity contribution < 1.29 is 42.8 Å². The molecule has 0 spiro atoms. The first-order valence-corrected chi connectivity index (χ1v) is 10.9. The zero-order valence-corrected chi connectivity index (χ0v) is 19.1. The number of aromatic nitrogens is 1. The van der Waals surface area contributed by atoms with Crippen LogP contribution in [0.4, 0.5) is 23.0 Å². The number of urea groups is 1. The molecular formula is C20H25F3N4O6S. The molecule has 5 N–H and O–H groups in total. The minimum absolute atomic E-state index is 0.0696. The molecule has 0 saturated carbocycles. The molecule has 0 saturated heterocycles. The lowest BCUT2D eigenvalue weighted by Gasteiger charge is -2.19. The largest absolute Gasteiger partial charge is 0.477 e. The van der Waals surface area contributed by atoms with Gasteiger partial charge in [-0.3, -0.25) is 10.2 Å². The van der Waals surface area contributed by atoms with Crippen LogP contribution in [0.15, 0.2) is 6.07 Å². The van der Waals surface area contributed by atoms with Crippen molar-refractivity contribution in [2.75, 3.05) is 44.7 Å². The molecule has 0 aliphatic rings. The van der Waals surface area contributed by atoms with Crippen LogP contribution in [0.25, 0.3) is 0 Å². The maximum Gasteiger partial charge on any atom is 0.344 e. The van der Waals surface area contributed by atoms with E-state index in [-0.39, 0.29) is 30.3 Å². The van der Waals surface area contributed by atoms with Crippen molar-refractivity contribution in [1.29, 1.82) is 0 Å². The average molecular weight is 507 g/mol. The summed E-state index contributed by atoms with van der Waals surface area (Å²) >= 11 is 0.586. The summed E-state index contributed by atoms with van der Waals surface area (Å²) < 4.78 is 50.6. The van der Waals surface area contributed by atoms with Gasteiger partial charge in [-0.15, -0.1) is 0 Å². The van der Waals surface area contributed by atoms with Crippen molar-refractivity contribution in [3.8, 4) is 5.88 Å². The third-order valence-electron chi connectivity index (χ3n) is 4.66. The number of carbonyl (C=O) groups is 2. The molecule has 0 aliphatic heterocycles. The molecule has 14 heteroatoms. The minimum Gasteiger partial charge on any atom is -0.477 e. The van der Waals surface area contributed by atoms with E-state index in [1.54, 1.807) is 4.90 Å². The molecule has 188 valence electrons. The Morgan fingerprint density at radius 3 is 2.44 bits per heavy atom. The molecule has 2 aromatic rings. The molecule has 0 aliphatic carbocycles. The number of benzene rings is 1. The molecule has 0 unspecified atom stereocenters. The number of nitrogens with zero attached hydrogens (tertiary/aromatic N) is 2. The Balaban J connectivity index is 1.98. The van der Waals surface area contributed by atoms with E-state index < -0.39 is 53.1 Å². The lowest BCUT2D eigenvalue weighted by Crippen LogP contribution is -2.34. The van der Waals surface area contributed by atoms with E-state index in [1.165, 1.54) is 6.92 Å². The van der Waals surface area contributed by atoms with E-state index in [0.717, 1.165) is 6.07 Å². The number of hydrogen-bond donors (Lipinski definition) is 5. The summed E-state index contributed by atoms with van der Waals surface area (Å²) in [5.74, 6) is -5.74. The van der Waals surface area contributed by atoms with Gasteiger partial charge in [-0.05, 0) is 43.1 Å². The van der Waals surface area contributed by atoms with E-state index in [1.807, 2.05) is 0 Å². The molecule has 0 bridgehead atoms. The number of rotatable bonds is 13. The molecule has 0 fully saturated rings. The summed E-state index contributed by atoms with van der Waals surface area (Å²) in [6.45, 7) is 1.72. The highest BCUT2D eigenvalue weighted by Gasteiger charge is 2.25. The van der Waals surface area contributed by atoms with Crippen molar-refractivity contribution in [3.05, 3.63) is 40.2 Å². The van der Waals surface area contributed by atoms with E-state index in [9.17, 15) is 27.9 Å². The van der Waals surface area contributed by atoms with Gasteiger partial charge >= 0.3 is 12.0 Å². The number of aliphatic hydroxyl groups is 2. The Labute approximate surface area is 197 Å². The van der Waals surface area contributed by atoms with Crippen molar-refractivity contribution in [2.45, 2.75) is 20.0 Å². The van der Waals surface area contributed by atoms with E-state index >= 15 is 0 Å². The van der Waals surface area contributed by atoms with Crippen LogP contribution in [0.1, 0.15) is 27.9 Å². The van der Waals surface area contributed by atoms with Gasteiger partial charge in [0, 0.05) is 19.6 Å². The second-order valence-electron chi connectivity index (χ2n) is 7.09. The van der Waals surface area contributed by atoms with Crippen LogP contribution in [0, 0.1) is 24.4 Å². The first-order valence-electron chi connectivity index (χ1n) is 10.2. The van der Waals surface area contributed by atoms with Gasteiger partial charge in [-0.2, -0.15) is 4.37 Å². The van der Waals surface area contributed by atoms with E-state index in [4.69, 9.17) is 14.9 Å². The highest BCUT2D eigenvalue weighted by atomic mass is 32.1. The molecule has 0 radical (unpaired) electrons. The molecule has 1 aromatic heterocycles. The van der Waals surface area contributed by atoms with Gasteiger partial charge in [-0.1, -0.05) is 0 Å². The Hall–Kier alpha value is -2.94. The summed E-state index contributed by atoms with van der Waals surface area (Å²) in [7, 11) is 0. The number of hydrogen-bond acceptors (Lipinski definition) is 8. The molecular weight excluding hydrogens is 481 g/mol. The van der Waals surface area contributed by atoms with Gasteiger partial charge < -0.3 is 25.4 Å². The highest BCUT2D eigenvalue weighted by molar-refractivity contribution is 7.11. The monoisotopic (exact) mass is 506 g/mol. The summed E-state index contributed by atoms with van der Waals surface area (Å²) in [6.07, 6.45) is 0.500. The number of nitrogens with one attached hydrogen (secondary N) is 2.